The lowest BCUT2D eigenvalue weighted by molar-refractivity contribution is -0.218. The van der Waals surface area contributed by atoms with E-state index in [-0.39, 0.29) is 16.4 Å². The van der Waals surface area contributed by atoms with E-state index in [2.05, 4.69) is 34.6 Å². The average molecular weight is 399 g/mol. The number of hydrogen-bond donors (Lipinski definition) is 0. The van der Waals surface area contributed by atoms with Crippen LogP contribution in [0.2, 0.25) is 6.32 Å². The van der Waals surface area contributed by atoms with Crippen LogP contribution < -0.4 is 10.9 Å². The first-order valence-electron chi connectivity index (χ1n) is 9.43. The third-order valence-electron chi connectivity index (χ3n) is 6.82. The van der Waals surface area contributed by atoms with Crippen molar-refractivity contribution in [2.75, 3.05) is 0 Å². The Labute approximate surface area is 168 Å². The van der Waals surface area contributed by atoms with Gasteiger partial charge in [0.15, 0.2) is 7.28 Å². The van der Waals surface area contributed by atoms with Gasteiger partial charge in [0.25, 0.3) is 5.92 Å². The maximum atomic E-state index is 14.5. The van der Waals surface area contributed by atoms with Crippen molar-refractivity contribution in [3.05, 3.63) is 23.8 Å². The van der Waals surface area contributed by atoms with E-state index in [0.29, 0.717) is 24.2 Å². The molecule has 0 aliphatic heterocycles. The summed E-state index contributed by atoms with van der Waals surface area (Å²) in [4.78, 5) is 0. The molecular formula is C21H30B2F5. The number of alkyl halides is 5. The molecule has 1 rings (SSSR count). The maximum absolute atomic E-state index is 14.5. The predicted molar refractivity (Wildman–Crippen MR) is 108 cm³/mol. The number of rotatable bonds is 6. The Hall–Kier alpha value is -1.00. The van der Waals surface area contributed by atoms with E-state index in [4.69, 9.17) is 7.85 Å². The van der Waals surface area contributed by atoms with Gasteiger partial charge >= 0.3 is 6.18 Å². The van der Waals surface area contributed by atoms with E-state index < -0.39 is 23.4 Å². The van der Waals surface area contributed by atoms with Gasteiger partial charge in [-0.15, -0.1) is 5.46 Å². The highest BCUT2D eigenvalue weighted by Gasteiger charge is 2.59. The molecule has 2 atom stereocenters. The van der Waals surface area contributed by atoms with Gasteiger partial charge in [-0.05, 0) is 23.3 Å². The van der Waals surface area contributed by atoms with Crippen LogP contribution in [0.15, 0.2) is 18.2 Å². The fourth-order valence-electron chi connectivity index (χ4n) is 2.96. The summed E-state index contributed by atoms with van der Waals surface area (Å²) in [6.45, 7) is 12.8. The fraction of sp³-hybridized carbons (Fsp3) is 0.714. The van der Waals surface area contributed by atoms with Crippen molar-refractivity contribution in [2.24, 2.45) is 16.7 Å². The predicted octanol–water partition coefficient (Wildman–Crippen LogP) is 5.41. The molecule has 0 spiro atoms. The molecule has 0 bridgehead atoms. The zero-order valence-corrected chi connectivity index (χ0v) is 18.1. The van der Waals surface area contributed by atoms with Gasteiger partial charge in [-0.2, -0.15) is 13.2 Å². The molecule has 0 nitrogen and oxygen atoms in total. The molecule has 0 amide bonds. The van der Waals surface area contributed by atoms with Gasteiger partial charge in [-0.1, -0.05) is 71.5 Å². The van der Waals surface area contributed by atoms with Crippen LogP contribution in [-0.4, -0.2) is 27.2 Å². The van der Waals surface area contributed by atoms with Crippen molar-refractivity contribution in [2.45, 2.75) is 79.2 Å². The molecule has 0 N–H and O–H groups in total. The first kappa shape index (κ1) is 25.0. The highest BCUT2D eigenvalue weighted by molar-refractivity contribution is 6.60. The second-order valence-electron chi connectivity index (χ2n) is 9.74. The topological polar surface area (TPSA) is 0 Å². The van der Waals surface area contributed by atoms with Crippen LogP contribution in [0, 0.1) is 16.7 Å². The zero-order valence-electron chi connectivity index (χ0n) is 18.1. The fourth-order valence-corrected chi connectivity index (χ4v) is 2.96. The third kappa shape index (κ3) is 4.94. The molecule has 0 fully saturated rings. The summed E-state index contributed by atoms with van der Waals surface area (Å²) < 4.78 is 69.1. The Kier molecular flexibility index (Phi) is 6.87. The molecule has 2 unspecified atom stereocenters. The average Bonchev–Trinajstić information content (AvgIpc) is 2.49. The lowest BCUT2D eigenvalue weighted by Gasteiger charge is -2.42. The summed E-state index contributed by atoms with van der Waals surface area (Å²) in [6, 6.07) is 4.08. The van der Waals surface area contributed by atoms with Crippen molar-refractivity contribution in [1.29, 1.82) is 0 Å². The number of benzene rings is 1. The molecule has 3 radical (unpaired) electrons. The second-order valence-corrected chi connectivity index (χ2v) is 9.74. The van der Waals surface area contributed by atoms with Crippen molar-refractivity contribution >= 4 is 26.1 Å². The molecule has 0 aromatic heterocycles. The summed E-state index contributed by atoms with van der Waals surface area (Å²) in [7, 11) is 7.83. The summed E-state index contributed by atoms with van der Waals surface area (Å²) >= 11 is 0. The van der Waals surface area contributed by atoms with Gasteiger partial charge in [0, 0.05) is 6.92 Å². The highest BCUT2D eigenvalue weighted by Crippen LogP contribution is 2.50. The summed E-state index contributed by atoms with van der Waals surface area (Å²) in [6.07, 6.45) is -4.15. The van der Waals surface area contributed by atoms with Crippen LogP contribution in [0.4, 0.5) is 22.0 Å². The molecule has 1 aromatic rings. The van der Waals surface area contributed by atoms with Crippen LogP contribution in [-0.2, 0) is 5.41 Å². The van der Waals surface area contributed by atoms with E-state index in [0.717, 1.165) is 13.8 Å². The normalized spacial score (nSPS) is 17.2. The van der Waals surface area contributed by atoms with Gasteiger partial charge in [0.2, 0.25) is 0 Å². The molecule has 0 aliphatic rings. The van der Waals surface area contributed by atoms with E-state index >= 15 is 0 Å². The summed E-state index contributed by atoms with van der Waals surface area (Å²) in [5, 5.41) is 0. The van der Waals surface area contributed by atoms with Crippen molar-refractivity contribution < 1.29 is 22.0 Å². The molecule has 1 aromatic carbocycles. The quantitative estimate of drug-likeness (QED) is 0.443. The smallest absolute Gasteiger partial charge is 0.206 e. The van der Waals surface area contributed by atoms with E-state index in [1.165, 1.54) is 18.2 Å². The summed E-state index contributed by atoms with van der Waals surface area (Å²) in [5.74, 6) is -5.82. The Balaban J connectivity index is 3.40. The van der Waals surface area contributed by atoms with Gasteiger partial charge in [-0.25, -0.2) is 8.78 Å². The molecule has 0 saturated carbocycles. The van der Waals surface area contributed by atoms with E-state index in [1.54, 1.807) is 0 Å². The lowest BCUT2D eigenvalue weighted by Crippen LogP contribution is -2.51. The van der Waals surface area contributed by atoms with Gasteiger partial charge < -0.3 is 0 Å². The molecule has 0 aliphatic carbocycles. The van der Waals surface area contributed by atoms with Crippen LogP contribution in [0.25, 0.3) is 0 Å². The van der Waals surface area contributed by atoms with Gasteiger partial charge in [0.05, 0.1) is 11.3 Å². The Morgan fingerprint density at radius 2 is 1.43 bits per heavy atom. The minimum absolute atomic E-state index is 0.0222. The highest BCUT2D eigenvalue weighted by atomic mass is 19.4. The van der Waals surface area contributed by atoms with Gasteiger partial charge in [-0.3, -0.25) is 0 Å². The molecule has 7 heteroatoms. The van der Waals surface area contributed by atoms with Gasteiger partial charge in [0.1, 0.15) is 7.85 Å². The molecule has 28 heavy (non-hydrogen) atoms. The first-order chi connectivity index (χ1) is 12.2. The Morgan fingerprint density at radius 3 is 1.82 bits per heavy atom. The molecule has 0 heterocycles. The summed E-state index contributed by atoms with van der Waals surface area (Å²) in [5.41, 5.74) is -1.78. The molecule has 0 saturated heterocycles. The number of hydrogen-bond acceptors (Lipinski definition) is 0. The molecular weight excluding hydrogens is 369 g/mol. The maximum Gasteiger partial charge on any atom is 0.392 e. The minimum Gasteiger partial charge on any atom is -0.206 e. The van der Waals surface area contributed by atoms with Crippen LogP contribution in [0.1, 0.15) is 61.0 Å². The lowest BCUT2D eigenvalue weighted by atomic mass is 9.51. The third-order valence-corrected chi connectivity index (χ3v) is 6.82. The largest absolute Gasteiger partial charge is 0.392 e. The van der Waals surface area contributed by atoms with Crippen LogP contribution in [0.5, 0.6) is 0 Å². The minimum atomic E-state index is -4.76. The van der Waals surface area contributed by atoms with Crippen LogP contribution >= 0.6 is 0 Å². The van der Waals surface area contributed by atoms with Crippen molar-refractivity contribution in [3.63, 3.8) is 0 Å². The Morgan fingerprint density at radius 1 is 0.929 bits per heavy atom. The SMILES string of the molecule is [B]c1ccc(C(C)(C(C)C(F)(F)F)C(C)(F)F)cc1[B]CC(C)(C)C(C)(C)C. The standard InChI is InChI=1S/C21H30B2F5/c1-13(21(26,27)28)19(7,20(8,24)25)14-9-10-15(22)16(11-14)23-12-18(5,6)17(2,3)4/h9-11,13H,12H2,1-8H3. The van der Waals surface area contributed by atoms with E-state index in [9.17, 15) is 22.0 Å². The zero-order chi connectivity index (χ0) is 22.3. The van der Waals surface area contributed by atoms with Crippen molar-refractivity contribution in [1.82, 2.24) is 0 Å². The monoisotopic (exact) mass is 399 g/mol. The molecule has 155 valence electrons. The van der Waals surface area contributed by atoms with Crippen LogP contribution in [0.3, 0.4) is 0 Å². The Bertz CT molecular complexity index is 684. The van der Waals surface area contributed by atoms with Crippen molar-refractivity contribution in [3.8, 4) is 0 Å². The van der Waals surface area contributed by atoms with E-state index in [1.807, 2.05) is 7.28 Å². The second kappa shape index (κ2) is 7.68. The first-order valence-corrected chi connectivity index (χ1v) is 9.43. The number of halogens is 5.